The number of carbonyl (C=O) groups is 2. The van der Waals surface area contributed by atoms with Gasteiger partial charge >= 0.3 is 11.8 Å². The molecule has 0 radical (unpaired) electrons. The van der Waals surface area contributed by atoms with Gasteiger partial charge in [-0.3, -0.25) is 9.59 Å². The Morgan fingerprint density at radius 1 is 1.00 bits per heavy atom. The Hall–Kier alpha value is -2.44. The van der Waals surface area contributed by atoms with Crippen molar-refractivity contribution in [3.63, 3.8) is 0 Å². The van der Waals surface area contributed by atoms with E-state index in [9.17, 15) is 14.0 Å². The smallest absolute Gasteiger partial charge is 0.318 e. The van der Waals surface area contributed by atoms with Crippen LogP contribution in [0.5, 0.6) is 0 Å². The third-order valence-electron chi connectivity index (χ3n) is 2.91. The average molecular weight is 368 g/mol. The van der Waals surface area contributed by atoms with Crippen LogP contribution in [0, 0.1) is 5.82 Å². The molecular weight excluding hydrogens is 356 g/mol. The molecule has 124 valence electrons. The zero-order chi connectivity index (χ0) is 17.7. The van der Waals surface area contributed by atoms with E-state index in [0.717, 1.165) is 0 Å². The normalized spacial score (nSPS) is 11.1. The molecule has 2 aromatic rings. The molecule has 2 N–H and O–H groups in total. The van der Waals surface area contributed by atoms with E-state index in [1.165, 1.54) is 42.5 Å². The van der Waals surface area contributed by atoms with Crippen molar-refractivity contribution in [2.45, 2.75) is 6.92 Å². The molecule has 24 heavy (non-hydrogen) atoms. The highest BCUT2D eigenvalue weighted by atomic mass is 35.5. The van der Waals surface area contributed by atoms with Gasteiger partial charge in [-0.15, -0.1) is 0 Å². The third-order valence-corrected chi connectivity index (χ3v) is 3.35. The number of nitrogens with one attached hydrogen (secondary N) is 2. The summed E-state index contributed by atoms with van der Waals surface area (Å²) in [7, 11) is 0. The summed E-state index contributed by atoms with van der Waals surface area (Å²) in [5.74, 6) is -2.27. The number of anilines is 1. The monoisotopic (exact) mass is 367 g/mol. The van der Waals surface area contributed by atoms with E-state index < -0.39 is 11.8 Å². The fourth-order valence-corrected chi connectivity index (χ4v) is 2.28. The van der Waals surface area contributed by atoms with Gasteiger partial charge in [-0.1, -0.05) is 35.3 Å². The Bertz CT molecular complexity index is 787. The van der Waals surface area contributed by atoms with Crippen molar-refractivity contribution in [3.05, 3.63) is 63.9 Å². The first-order chi connectivity index (χ1) is 11.3. The minimum absolute atomic E-state index is 0.284. The lowest BCUT2D eigenvalue weighted by Gasteiger charge is -2.06. The van der Waals surface area contributed by atoms with Crippen LogP contribution >= 0.6 is 23.2 Å². The second kappa shape index (κ2) is 7.90. The maximum absolute atomic E-state index is 12.9. The Balaban J connectivity index is 1.99. The summed E-state index contributed by atoms with van der Waals surface area (Å²) in [6.45, 7) is 1.61. The van der Waals surface area contributed by atoms with Gasteiger partial charge in [0.1, 0.15) is 5.82 Å². The van der Waals surface area contributed by atoms with Crippen molar-refractivity contribution < 1.29 is 14.0 Å². The Morgan fingerprint density at radius 3 is 2.17 bits per heavy atom. The number of nitrogens with zero attached hydrogens (tertiary/aromatic N) is 1. The molecule has 2 rings (SSSR count). The molecule has 5 nitrogen and oxygen atoms in total. The maximum atomic E-state index is 12.9. The van der Waals surface area contributed by atoms with Crippen LogP contribution in [0.25, 0.3) is 0 Å². The molecule has 2 amide bonds. The minimum Gasteiger partial charge on any atom is -0.318 e. The van der Waals surface area contributed by atoms with Crippen molar-refractivity contribution in [1.29, 1.82) is 0 Å². The summed E-state index contributed by atoms with van der Waals surface area (Å²) in [6.07, 6.45) is 0. The van der Waals surface area contributed by atoms with E-state index in [-0.39, 0.29) is 11.5 Å². The predicted octanol–water partition coefficient (Wildman–Crippen LogP) is 3.61. The minimum atomic E-state index is -0.965. The highest BCUT2D eigenvalue weighted by molar-refractivity contribution is 6.40. The molecule has 0 aromatic heterocycles. The van der Waals surface area contributed by atoms with Crippen LogP contribution in [0.1, 0.15) is 12.5 Å². The molecule has 0 unspecified atom stereocenters. The van der Waals surface area contributed by atoms with Crippen molar-refractivity contribution >= 4 is 46.4 Å². The molecule has 0 aliphatic rings. The van der Waals surface area contributed by atoms with Crippen LogP contribution in [0.2, 0.25) is 10.0 Å². The van der Waals surface area contributed by atoms with Gasteiger partial charge in [0.15, 0.2) is 0 Å². The molecule has 0 aliphatic heterocycles. The number of carbonyl (C=O) groups excluding carboxylic acids is 2. The third kappa shape index (κ3) is 5.04. The molecule has 0 saturated carbocycles. The molecule has 0 atom stereocenters. The topological polar surface area (TPSA) is 70.6 Å². The Morgan fingerprint density at radius 2 is 1.58 bits per heavy atom. The molecular formula is C16H12Cl2FN3O2. The summed E-state index contributed by atoms with van der Waals surface area (Å²) < 4.78 is 12.9. The van der Waals surface area contributed by atoms with E-state index in [1.807, 2.05) is 0 Å². The number of hydrogen-bond donors (Lipinski definition) is 2. The quantitative estimate of drug-likeness (QED) is 0.494. The average Bonchev–Trinajstić information content (AvgIpc) is 2.51. The fourth-order valence-electron chi connectivity index (χ4n) is 1.75. The van der Waals surface area contributed by atoms with Crippen molar-refractivity contribution in [1.82, 2.24) is 5.43 Å². The van der Waals surface area contributed by atoms with Gasteiger partial charge in [0, 0.05) is 15.7 Å². The molecule has 0 bridgehead atoms. The predicted molar refractivity (Wildman–Crippen MR) is 91.8 cm³/mol. The number of amides is 2. The highest BCUT2D eigenvalue weighted by Gasteiger charge is 2.14. The zero-order valence-electron chi connectivity index (χ0n) is 12.4. The largest absolute Gasteiger partial charge is 0.329 e. The first-order valence-electron chi connectivity index (χ1n) is 6.73. The van der Waals surface area contributed by atoms with Crippen LogP contribution in [0.15, 0.2) is 47.6 Å². The van der Waals surface area contributed by atoms with Gasteiger partial charge in [-0.25, -0.2) is 9.82 Å². The lowest BCUT2D eigenvalue weighted by molar-refractivity contribution is -0.136. The van der Waals surface area contributed by atoms with E-state index >= 15 is 0 Å². The molecule has 0 heterocycles. The number of halogens is 3. The van der Waals surface area contributed by atoms with E-state index in [4.69, 9.17) is 23.2 Å². The van der Waals surface area contributed by atoms with Crippen molar-refractivity contribution in [2.24, 2.45) is 5.10 Å². The van der Waals surface area contributed by atoms with Crippen LogP contribution in [0.3, 0.4) is 0 Å². The molecule has 0 saturated heterocycles. The first-order valence-corrected chi connectivity index (χ1v) is 7.48. The van der Waals surface area contributed by atoms with Crippen molar-refractivity contribution in [3.8, 4) is 0 Å². The van der Waals surface area contributed by atoms with Gasteiger partial charge in [0.25, 0.3) is 0 Å². The standard InChI is InChI=1S/C16H12Cl2FN3O2/c1-9(10-2-4-13(19)5-3-10)21-22-16(24)15(23)20-14-7-11(17)6-12(18)8-14/h2-8H,1H3,(H,20,23)(H,22,24). The lowest BCUT2D eigenvalue weighted by Crippen LogP contribution is -2.32. The van der Waals surface area contributed by atoms with Crippen LogP contribution < -0.4 is 10.7 Å². The SMILES string of the molecule is CC(=NNC(=O)C(=O)Nc1cc(Cl)cc(Cl)c1)c1ccc(F)cc1. The second-order valence-electron chi connectivity index (χ2n) is 4.76. The summed E-state index contributed by atoms with van der Waals surface area (Å²) in [5, 5.41) is 6.80. The van der Waals surface area contributed by atoms with Gasteiger partial charge < -0.3 is 5.32 Å². The molecule has 8 heteroatoms. The maximum Gasteiger partial charge on any atom is 0.329 e. The first kappa shape index (κ1) is 17.9. The molecule has 0 fully saturated rings. The molecule has 0 aliphatic carbocycles. The summed E-state index contributed by atoms with van der Waals surface area (Å²) in [6, 6.07) is 9.95. The number of hydrazone groups is 1. The fraction of sp³-hybridized carbons (Fsp3) is 0.0625. The number of hydrogen-bond acceptors (Lipinski definition) is 3. The van der Waals surface area contributed by atoms with E-state index in [2.05, 4.69) is 15.8 Å². The lowest BCUT2D eigenvalue weighted by atomic mass is 10.1. The second-order valence-corrected chi connectivity index (χ2v) is 5.63. The van der Waals surface area contributed by atoms with E-state index in [0.29, 0.717) is 21.3 Å². The van der Waals surface area contributed by atoms with Gasteiger partial charge in [-0.05, 0) is 42.8 Å². The molecule has 2 aromatic carbocycles. The van der Waals surface area contributed by atoms with Gasteiger partial charge in [0.2, 0.25) is 0 Å². The summed E-state index contributed by atoms with van der Waals surface area (Å²) in [4.78, 5) is 23.6. The van der Waals surface area contributed by atoms with Crippen LogP contribution in [-0.2, 0) is 9.59 Å². The number of rotatable bonds is 3. The van der Waals surface area contributed by atoms with Crippen LogP contribution in [0.4, 0.5) is 10.1 Å². The van der Waals surface area contributed by atoms with Gasteiger partial charge in [-0.2, -0.15) is 5.10 Å². The van der Waals surface area contributed by atoms with E-state index in [1.54, 1.807) is 6.92 Å². The Labute approximate surface area is 147 Å². The Kier molecular flexibility index (Phi) is 5.89. The summed E-state index contributed by atoms with van der Waals surface area (Å²) in [5.41, 5.74) is 3.43. The van der Waals surface area contributed by atoms with Crippen molar-refractivity contribution in [2.75, 3.05) is 5.32 Å². The zero-order valence-corrected chi connectivity index (χ0v) is 14.0. The highest BCUT2D eigenvalue weighted by Crippen LogP contribution is 2.22. The molecule has 0 spiro atoms. The van der Waals surface area contributed by atoms with Crippen LogP contribution in [-0.4, -0.2) is 17.5 Å². The number of benzene rings is 2. The van der Waals surface area contributed by atoms with Gasteiger partial charge in [0.05, 0.1) is 5.71 Å². The summed E-state index contributed by atoms with van der Waals surface area (Å²) >= 11 is 11.6.